The van der Waals surface area contributed by atoms with E-state index in [1.807, 2.05) is 26.1 Å². The average molecular weight is 329 g/mol. The van der Waals surface area contributed by atoms with Gasteiger partial charge in [-0.15, -0.1) is 12.4 Å². The van der Waals surface area contributed by atoms with E-state index in [1.54, 1.807) is 12.0 Å². The summed E-state index contributed by atoms with van der Waals surface area (Å²) in [4.78, 5) is 13.9. The van der Waals surface area contributed by atoms with Gasteiger partial charge < -0.3 is 15.4 Å². The molecule has 2 N–H and O–H groups in total. The Bertz CT molecular complexity index is 452. The lowest BCUT2D eigenvalue weighted by molar-refractivity contribution is -0.130. The molecule has 126 valence electrons. The van der Waals surface area contributed by atoms with E-state index in [-0.39, 0.29) is 18.3 Å². The SMILES string of the molecule is COc1ccc(CN(C)C(=O)CCCCCCN)cc1C.Cl. The molecule has 22 heavy (non-hydrogen) atoms. The first kappa shape index (κ1) is 20.7. The molecule has 1 amide bonds. The topological polar surface area (TPSA) is 55.6 Å². The predicted molar refractivity (Wildman–Crippen MR) is 93.6 cm³/mol. The van der Waals surface area contributed by atoms with Crippen LogP contribution in [-0.4, -0.2) is 31.5 Å². The first-order valence-corrected chi connectivity index (χ1v) is 7.66. The number of unbranched alkanes of at least 4 members (excludes halogenated alkanes) is 3. The van der Waals surface area contributed by atoms with Gasteiger partial charge in [-0.2, -0.15) is 0 Å². The molecule has 0 atom stereocenters. The molecule has 0 unspecified atom stereocenters. The molecular weight excluding hydrogens is 300 g/mol. The highest BCUT2D eigenvalue weighted by molar-refractivity contribution is 5.85. The fourth-order valence-electron chi connectivity index (χ4n) is 2.37. The third kappa shape index (κ3) is 7.14. The first-order chi connectivity index (χ1) is 10.1. The summed E-state index contributed by atoms with van der Waals surface area (Å²) in [5.74, 6) is 1.09. The van der Waals surface area contributed by atoms with E-state index < -0.39 is 0 Å². The second kappa shape index (κ2) is 11.3. The summed E-state index contributed by atoms with van der Waals surface area (Å²) in [6.45, 7) is 3.40. The number of ether oxygens (including phenoxy) is 1. The first-order valence-electron chi connectivity index (χ1n) is 7.66. The second-order valence-electron chi connectivity index (χ2n) is 5.51. The molecule has 0 aliphatic heterocycles. The van der Waals surface area contributed by atoms with E-state index in [0.29, 0.717) is 13.0 Å². The molecule has 0 saturated carbocycles. The summed E-state index contributed by atoms with van der Waals surface area (Å²) in [5, 5.41) is 0. The Morgan fingerprint density at radius 3 is 2.50 bits per heavy atom. The molecule has 0 aliphatic rings. The predicted octanol–water partition coefficient (Wildman–Crippen LogP) is 3.29. The Hall–Kier alpha value is -1.26. The third-order valence-corrected chi connectivity index (χ3v) is 3.65. The van der Waals surface area contributed by atoms with Crippen molar-refractivity contribution in [1.82, 2.24) is 4.90 Å². The monoisotopic (exact) mass is 328 g/mol. The van der Waals surface area contributed by atoms with Crippen LogP contribution in [0.5, 0.6) is 5.75 Å². The second-order valence-corrected chi connectivity index (χ2v) is 5.51. The number of nitrogens with zero attached hydrogens (tertiary/aromatic N) is 1. The lowest BCUT2D eigenvalue weighted by Crippen LogP contribution is -2.25. The quantitative estimate of drug-likeness (QED) is 0.708. The largest absolute Gasteiger partial charge is 0.496 e. The number of carbonyl (C=O) groups excluding carboxylic acids is 1. The summed E-state index contributed by atoms with van der Waals surface area (Å²) >= 11 is 0. The van der Waals surface area contributed by atoms with Gasteiger partial charge in [-0.1, -0.05) is 25.0 Å². The number of carbonyl (C=O) groups is 1. The number of aryl methyl sites for hydroxylation is 1. The van der Waals surface area contributed by atoms with Gasteiger partial charge in [0.15, 0.2) is 0 Å². The van der Waals surface area contributed by atoms with Crippen molar-refractivity contribution in [3.8, 4) is 5.75 Å². The zero-order chi connectivity index (χ0) is 15.7. The maximum absolute atomic E-state index is 12.1. The molecule has 0 bridgehead atoms. The zero-order valence-corrected chi connectivity index (χ0v) is 14.7. The number of benzene rings is 1. The van der Waals surface area contributed by atoms with Gasteiger partial charge in [-0.05, 0) is 43.5 Å². The molecule has 5 heteroatoms. The van der Waals surface area contributed by atoms with Gasteiger partial charge in [0, 0.05) is 20.0 Å². The number of hydrogen-bond donors (Lipinski definition) is 1. The van der Waals surface area contributed by atoms with Crippen LogP contribution in [0.25, 0.3) is 0 Å². The average Bonchev–Trinajstić information content (AvgIpc) is 2.47. The van der Waals surface area contributed by atoms with Gasteiger partial charge in [0.2, 0.25) is 5.91 Å². The number of amides is 1. The third-order valence-electron chi connectivity index (χ3n) is 3.65. The van der Waals surface area contributed by atoms with Crippen molar-refractivity contribution in [3.63, 3.8) is 0 Å². The zero-order valence-electron chi connectivity index (χ0n) is 13.9. The minimum absolute atomic E-state index is 0. The molecule has 0 aromatic heterocycles. The van der Waals surface area contributed by atoms with Crippen molar-refractivity contribution >= 4 is 18.3 Å². The van der Waals surface area contributed by atoms with Crippen molar-refractivity contribution in [2.75, 3.05) is 20.7 Å². The van der Waals surface area contributed by atoms with Crippen molar-refractivity contribution < 1.29 is 9.53 Å². The van der Waals surface area contributed by atoms with Crippen LogP contribution in [0.2, 0.25) is 0 Å². The Labute approximate surface area is 140 Å². The van der Waals surface area contributed by atoms with Crippen LogP contribution < -0.4 is 10.5 Å². The highest BCUT2D eigenvalue weighted by atomic mass is 35.5. The Balaban J connectivity index is 0.00000441. The van der Waals surface area contributed by atoms with Crippen LogP contribution in [0.3, 0.4) is 0 Å². The van der Waals surface area contributed by atoms with E-state index in [4.69, 9.17) is 10.5 Å². The summed E-state index contributed by atoms with van der Waals surface area (Å²) in [6, 6.07) is 6.04. The lowest BCUT2D eigenvalue weighted by atomic mass is 10.1. The minimum atomic E-state index is 0. The van der Waals surface area contributed by atoms with E-state index in [9.17, 15) is 4.79 Å². The fourth-order valence-corrected chi connectivity index (χ4v) is 2.37. The summed E-state index contributed by atoms with van der Waals surface area (Å²) in [5.41, 5.74) is 7.68. The number of halogens is 1. The van der Waals surface area contributed by atoms with E-state index >= 15 is 0 Å². The smallest absolute Gasteiger partial charge is 0.222 e. The molecule has 1 aromatic carbocycles. The van der Waals surface area contributed by atoms with Crippen molar-refractivity contribution in [1.29, 1.82) is 0 Å². The summed E-state index contributed by atoms with van der Waals surface area (Å²) in [6.07, 6.45) is 4.82. The van der Waals surface area contributed by atoms with Crippen LogP contribution in [0.4, 0.5) is 0 Å². The Morgan fingerprint density at radius 1 is 1.23 bits per heavy atom. The molecule has 0 fully saturated rings. The van der Waals surface area contributed by atoms with Crippen molar-refractivity contribution in [2.24, 2.45) is 5.73 Å². The van der Waals surface area contributed by atoms with Crippen LogP contribution in [0.1, 0.15) is 43.2 Å². The molecular formula is C17H29ClN2O2. The Morgan fingerprint density at radius 2 is 1.91 bits per heavy atom. The molecule has 0 aliphatic carbocycles. The minimum Gasteiger partial charge on any atom is -0.496 e. The molecule has 0 saturated heterocycles. The van der Waals surface area contributed by atoms with Gasteiger partial charge in [-0.3, -0.25) is 4.79 Å². The van der Waals surface area contributed by atoms with Crippen LogP contribution in [-0.2, 0) is 11.3 Å². The fraction of sp³-hybridized carbons (Fsp3) is 0.588. The van der Waals surface area contributed by atoms with Crippen molar-refractivity contribution in [3.05, 3.63) is 29.3 Å². The van der Waals surface area contributed by atoms with E-state index in [2.05, 4.69) is 6.07 Å². The van der Waals surface area contributed by atoms with Gasteiger partial charge in [-0.25, -0.2) is 0 Å². The number of nitrogens with two attached hydrogens (primary N) is 1. The van der Waals surface area contributed by atoms with Gasteiger partial charge in [0.1, 0.15) is 5.75 Å². The number of methoxy groups -OCH3 is 1. The van der Waals surface area contributed by atoms with Gasteiger partial charge in [0.05, 0.1) is 7.11 Å². The molecule has 1 aromatic rings. The standard InChI is InChI=1S/C17H28N2O2.ClH/c1-14-12-15(9-10-16(14)21-3)13-19(2)17(20)8-6-4-5-7-11-18;/h9-10,12H,4-8,11,13,18H2,1-3H3;1H. The number of rotatable bonds is 9. The normalized spacial score (nSPS) is 10.0. The Kier molecular flexibility index (Phi) is 10.7. The van der Waals surface area contributed by atoms with E-state index in [0.717, 1.165) is 49.1 Å². The molecule has 4 nitrogen and oxygen atoms in total. The highest BCUT2D eigenvalue weighted by Gasteiger charge is 2.09. The molecule has 0 heterocycles. The molecule has 0 radical (unpaired) electrons. The van der Waals surface area contributed by atoms with Crippen LogP contribution >= 0.6 is 12.4 Å². The highest BCUT2D eigenvalue weighted by Crippen LogP contribution is 2.19. The van der Waals surface area contributed by atoms with Gasteiger partial charge >= 0.3 is 0 Å². The molecule has 0 spiro atoms. The number of hydrogen-bond acceptors (Lipinski definition) is 3. The summed E-state index contributed by atoms with van der Waals surface area (Å²) in [7, 11) is 3.53. The maximum Gasteiger partial charge on any atom is 0.222 e. The van der Waals surface area contributed by atoms with Crippen LogP contribution in [0, 0.1) is 6.92 Å². The van der Waals surface area contributed by atoms with Crippen LogP contribution in [0.15, 0.2) is 18.2 Å². The maximum atomic E-state index is 12.1. The van der Waals surface area contributed by atoms with E-state index in [1.165, 1.54) is 0 Å². The van der Waals surface area contributed by atoms with Crippen molar-refractivity contribution in [2.45, 2.75) is 45.6 Å². The van der Waals surface area contributed by atoms with Gasteiger partial charge in [0.25, 0.3) is 0 Å². The summed E-state index contributed by atoms with van der Waals surface area (Å²) < 4.78 is 5.25. The lowest BCUT2D eigenvalue weighted by Gasteiger charge is -2.18. The molecule has 1 rings (SSSR count).